The van der Waals surface area contributed by atoms with E-state index in [2.05, 4.69) is 10.6 Å². The van der Waals surface area contributed by atoms with Gasteiger partial charge in [0.2, 0.25) is 5.91 Å². The van der Waals surface area contributed by atoms with Gasteiger partial charge in [0, 0.05) is 43.7 Å². The summed E-state index contributed by atoms with van der Waals surface area (Å²) in [5.74, 6) is -0.822. The summed E-state index contributed by atoms with van der Waals surface area (Å²) in [6.07, 6.45) is 0.826. The summed E-state index contributed by atoms with van der Waals surface area (Å²) >= 11 is 0. The van der Waals surface area contributed by atoms with E-state index in [-0.39, 0.29) is 47.9 Å². The Morgan fingerprint density at radius 1 is 1.10 bits per heavy atom. The summed E-state index contributed by atoms with van der Waals surface area (Å²) in [7, 11) is 0. The summed E-state index contributed by atoms with van der Waals surface area (Å²) in [4.78, 5) is 37.9. The number of hydrogen-bond donors (Lipinski definition) is 4. The number of ether oxygens (including phenoxy) is 1. The molecule has 2 rings (SSSR count). The van der Waals surface area contributed by atoms with Gasteiger partial charge in [-0.2, -0.15) is 0 Å². The highest BCUT2D eigenvalue weighted by atomic mass is 16.6. The van der Waals surface area contributed by atoms with Crippen LogP contribution in [-0.4, -0.2) is 64.3 Å². The van der Waals surface area contributed by atoms with Gasteiger partial charge in [-0.3, -0.25) is 9.59 Å². The summed E-state index contributed by atoms with van der Waals surface area (Å²) in [6.45, 7) is 6.51. The van der Waals surface area contributed by atoms with E-state index >= 15 is 0 Å². The molecule has 1 aromatic carbocycles. The summed E-state index contributed by atoms with van der Waals surface area (Å²) in [5, 5.41) is 24.4. The highest BCUT2D eigenvalue weighted by molar-refractivity contribution is 5.95. The number of nitrogens with one attached hydrogen (secondary N) is 2. The monoisotopic (exact) mass is 407 g/mol. The number of benzene rings is 1. The maximum Gasteiger partial charge on any atom is 0.407 e. The van der Waals surface area contributed by atoms with Gasteiger partial charge < -0.3 is 30.5 Å². The van der Waals surface area contributed by atoms with Crippen LogP contribution in [0, 0.1) is 0 Å². The number of nitrogens with zero attached hydrogens (tertiary/aromatic N) is 1. The summed E-state index contributed by atoms with van der Waals surface area (Å²) < 4.78 is 5.12. The molecule has 4 N–H and O–H groups in total. The molecule has 160 valence electrons. The van der Waals surface area contributed by atoms with Crippen molar-refractivity contribution in [3.05, 3.63) is 23.8 Å². The van der Waals surface area contributed by atoms with Gasteiger partial charge in [-0.05, 0) is 45.7 Å². The van der Waals surface area contributed by atoms with Gasteiger partial charge in [0.15, 0.2) is 0 Å². The molecule has 0 unspecified atom stereocenters. The van der Waals surface area contributed by atoms with Gasteiger partial charge in [-0.15, -0.1) is 0 Å². The van der Waals surface area contributed by atoms with Crippen LogP contribution in [-0.2, 0) is 9.53 Å². The average Bonchev–Trinajstić information content (AvgIpc) is 2.59. The third-order valence-corrected chi connectivity index (χ3v) is 4.35. The third kappa shape index (κ3) is 7.52. The first-order chi connectivity index (χ1) is 13.5. The first kappa shape index (κ1) is 22.3. The Kier molecular flexibility index (Phi) is 7.30. The number of phenols is 2. The minimum atomic E-state index is -0.586. The topological polar surface area (TPSA) is 128 Å². The Bertz CT molecular complexity index is 731. The second kappa shape index (κ2) is 9.49. The molecule has 1 fully saturated rings. The van der Waals surface area contributed by atoms with Crippen LogP contribution in [0.25, 0.3) is 0 Å². The molecule has 1 aliphatic rings. The molecule has 1 aromatic rings. The maximum absolute atomic E-state index is 12.3. The minimum Gasteiger partial charge on any atom is -0.508 e. The lowest BCUT2D eigenvalue weighted by atomic mass is 10.0. The lowest BCUT2D eigenvalue weighted by Crippen LogP contribution is -2.47. The molecule has 29 heavy (non-hydrogen) atoms. The van der Waals surface area contributed by atoms with Crippen molar-refractivity contribution >= 4 is 17.9 Å². The van der Waals surface area contributed by atoms with E-state index < -0.39 is 11.7 Å². The Balaban J connectivity index is 1.72. The van der Waals surface area contributed by atoms with E-state index in [0.717, 1.165) is 6.07 Å². The lowest BCUT2D eigenvalue weighted by Gasteiger charge is -2.32. The number of amides is 3. The van der Waals surface area contributed by atoms with E-state index in [1.807, 2.05) is 0 Å². The molecule has 0 bridgehead atoms. The minimum absolute atomic E-state index is 0.0660. The summed E-state index contributed by atoms with van der Waals surface area (Å²) in [6, 6.07) is 3.62. The van der Waals surface area contributed by atoms with Gasteiger partial charge in [-0.1, -0.05) is 0 Å². The van der Waals surface area contributed by atoms with Crippen molar-refractivity contribution in [2.45, 2.75) is 51.7 Å². The SMILES string of the molecule is CC(C)(C)OC(=O)NCCC(=O)N1CCC(NC(=O)c2cc(O)cc(O)c2)CC1. The second-order valence-electron chi connectivity index (χ2n) is 8.05. The third-order valence-electron chi connectivity index (χ3n) is 4.35. The quantitative estimate of drug-likeness (QED) is 0.589. The highest BCUT2D eigenvalue weighted by Gasteiger charge is 2.24. The Morgan fingerprint density at radius 2 is 1.69 bits per heavy atom. The molecule has 0 saturated carbocycles. The zero-order valence-electron chi connectivity index (χ0n) is 17.0. The van der Waals surface area contributed by atoms with E-state index in [0.29, 0.717) is 25.9 Å². The number of phenolic OH excluding ortho intramolecular Hbond substituents is 2. The van der Waals surface area contributed by atoms with Gasteiger partial charge in [-0.25, -0.2) is 4.79 Å². The smallest absolute Gasteiger partial charge is 0.407 e. The van der Waals surface area contributed by atoms with E-state index in [9.17, 15) is 24.6 Å². The number of piperidine rings is 1. The fourth-order valence-electron chi connectivity index (χ4n) is 3.01. The fourth-order valence-corrected chi connectivity index (χ4v) is 3.01. The average molecular weight is 407 g/mol. The van der Waals surface area contributed by atoms with Crippen LogP contribution in [0.5, 0.6) is 11.5 Å². The first-order valence-electron chi connectivity index (χ1n) is 9.62. The van der Waals surface area contributed by atoms with Crippen LogP contribution in [0.2, 0.25) is 0 Å². The van der Waals surface area contributed by atoms with Gasteiger partial charge in [0.1, 0.15) is 17.1 Å². The normalized spacial score (nSPS) is 14.9. The van der Waals surface area contributed by atoms with Crippen LogP contribution in [0.1, 0.15) is 50.4 Å². The molecule has 0 radical (unpaired) electrons. The number of rotatable bonds is 5. The van der Waals surface area contributed by atoms with E-state index in [4.69, 9.17) is 4.74 Å². The Labute approximate surface area is 170 Å². The predicted molar refractivity (Wildman–Crippen MR) is 106 cm³/mol. The molecule has 1 saturated heterocycles. The molecule has 3 amide bonds. The standard InChI is InChI=1S/C20H29N3O6/c1-20(2,3)29-19(28)21-7-4-17(26)23-8-5-14(6-9-23)22-18(27)13-10-15(24)12-16(25)11-13/h10-12,14,24-25H,4-9H2,1-3H3,(H,21,28)(H,22,27). The number of carbonyl (C=O) groups is 3. The Hall–Kier alpha value is -2.97. The number of carbonyl (C=O) groups excluding carboxylic acids is 3. The molecular weight excluding hydrogens is 378 g/mol. The number of hydrogen-bond acceptors (Lipinski definition) is 6. The summed E-state index contributed by atoms with van der Waals surface area (Å²) in [5.41, 5.74) is -0.410. The molecule has 1 aliphatic heterocycles. The van der Waals surface area contributed by atoms with Crippen LogP contribution in [0.3, 0.4) is 0 Å². The van der Waals surface area contributed by atoms with Gasteiger partial charge >= 0.3 is 6.09 Å². The molecule has 9 heteroatoms. The van der Waals surface area contributed by atoms with Crippen molar-refractivity contribution in [2.75, 3.05) is 19.6 Å². The molecule has 0 aromatic heterocycles. The zero-order valence-corrected chi connectivity index (χ0v) is 17.0. The van der Waals surface area contributed by atoms with Crippen molar-refractivity contribution in [3.63, 3.8) is 0 Å². The number of alkyl carbamates (subject to hydrolysis) is 1. The maximum atomic E-state index is 12.3. The highest BCUT2D eigenvalue weighted by Crippen LogP contribution is 2.21. The molecule has 0 aliphatic carbocycles. The number of likely N-dealkylation sites (tertiary alicyclic amines) is 1. The molecular formula is C20H29N3O6. The first-order valence-corrected chi connectivity index (χ1v) is 9.62. The molecule has 9 nitrogen and oxygen atoms in total. The second-order valence-corrected chi connectivity index (χ2v) is 8.05. The predicted octanol–water partition coefficient (Wildman–Crippen LogP) is 1.73. The lowest BCUT2D eigenvalue weighted by molar-refractivity contribution is -0.132. The van der Waals surface area contributed by atoms with Gasteiger partial charge in [0.25, 0.3) is 5.91 Å². The largest absolute Gasteiger partial charge is 0.508 e. The molecule has 1 heterocycles. The van der Waals surface area contributed by atoms with Crippen molar-refractivity contribution in [3.8, 4) is 11.5 Å². The van der Waals surface area contributed by atoms with Crippen LogP contribution in [0.15, 0.2) is 18.2 Å². The van der Waals surface area contributed by atoms with Crippen LogP contribution < -0.4 is 10.6 Å². The van der Waals surface area contributed by atoms with Crippen LogP contribution in [0.4, 0.5) is 4.79 Å². The molecule has 0 spiro atoms. The van der Waals surface area contributed by atoms with Crippen molar-refractivity contribution in [1.82, 2.24) is 15.5 Å². The van der Waals surface area contributed by atoms with Crippen molar-refractivity contribution in [1.29, 1.82) is 0 Å². The van der Waals surface area contributed by atoms with Crippen LogP contribution >= 0.6 is 0 Å². The van der Waals surface area contributed by atoms with E-state index in [1.54, 1.807) is 25.7 Å². The van der Waals surface area contributed by atoms with E-state index in [1.165, 1.54) is 12.1 Å². The van der Waals surface area contributed by atoms with Crippen molar-refractivity contribution < 1.29 is 29.3 Å². The van der Waals surface area contributed by atoms with Crippen molar-refractivity contribution in [2.24, 2.45) is 0 Å². The number of aromatic hydroxyl groups is 2. The fraction of sp³-hybridized carbons (Fsp3) is 0.550. The zero-order chi connectivity index (χ0) is 21.6. The van der Waals surface area contributed by atoms with Gasteiger partial charge in [0.05, 0.1) is 0 Å². The molecule has 0 atom stereocenters. The Morgan fingerprint density at radius 3 is 2.24 bits per heavy atom.